The van der Waals surface area contributed by atoms with Crippen molar-refractivity contribution in [1.82, 2.24) is 4.57 Å². The second-order valence-corrected chi connectivity index (χ2v) is 9.31. The lowest BCUT2D eigenvalue weighted by Gasteiger charge is -2.39. The number of rotatable bonds is 5. The first-order valence-corrected chi connectivity index (χ1v) is 10.6. The number of aromatic nitrogens is 1. The molecule has 1 aromatic heterocycles. The summed E-state index contributed by atoms with van der Waals surface area (Å²) in [6.07, 6.45) is -3.43. The van der Waals surface area contributed by atoms with Gasteiger partial charge in [0.2, 0.25) is 0 Å². The number of para-hydroxylation sites is 1. The molecule has 1 atom stereocenters. The number of halogens is 3. The van der Waals surface area contributed by atoms with Crippen LogP contribution in [0.25, 0.3) is 10.9 Å². The van der Waals surface area contributed by atoms with Crippen LogP contribution in [-0.2, 0) is 18.4 Å². The summed E-state index contributed by atoms with van der Waals surface area (Å²) in [4.78, 5) is 12.1. The van der Waals surface area contributed by atoms with Crippen molar-refractivity contribution < 1.29 is 23.0 Å². The second-order valence-electron chi connectivity index (χ2n) is 9.31. The minimum Gasteiger partial charge on any atom is -0.493 e. The van der Waals surface area contributed by atoms with Crippen molar-refractivity contribution >= 4 is 10.9 Å². The van der Waals surface area contributed by atoms with E-state index in [1.165, 1.54) is 16.8 Å². The molecule has 170 valence electrons. The van der Waals surface area contributed by atoms with Crippen LogP contribution in [0.1, 0.15) is 37.0 Å². The second kappa shape index (κ2) is 7.66. The summed E-state index contributed by atoms with van der Waals surface area (Å²) in [5.41, 5.74) is -1.39. The normalized spacial score (nSPS) is 16.0. The topological polar surface area (TPSA) is 51.5 Å². The van der Waals surface area contributed by atoms with Crippen molar-refractivity contribution in [3.63, 3.8) is 0 Å². The molecular formula is C25H26F3NO3. The van der Waals surface area contributed by atoms with Gasteiger partial charge in [0.15, 0.2) is 11.0 Å². The Morgan fingerprint density at radius 3 is 2.56 bits per heavy atom. The number of aryl methyl sites for hydroxylation is 1. The first kappa shape index (κ1) is 22.4. The van der Waals surface area contributed by atoms with E-state index < -0.39 is 30.2 Å². The molecule has 0 aliphatic carbocycles. The Kier molecular flexibility index (Phi) is 5.36. The first-order chi connectivity index (χ1) is 14.9. The molecule has 3 aromatic rings. The highest BCUT2D eigenvalue weighted by Gasteiger charge is 2.56. The predicted molar refractivity (Wildman–Crippen MR) is 117 cm³/mol. The summed E-state index contributed by atoms with van der Waals surface area (Å²) in [5.74, 6) is 0.624. The maximum atomic E-state index is 14.3. The van der Waals surface area contributed by atoms with Crippen molar-refractivity contribution in [2.75, 3.05) is 6.61 Å². The molecular weight excluding hydrogens is 419 g/mol. The molecule has 2 aromatic carbocycles. The Hall–Kier alpha value is -2.80. The molecule has 1 N–H and O–H groups in total. The van der Waals surface area contributed by atoms with Crippen LogP contribution in [0.4, 0.5) is 13.2 Å². The van der Waals surface area contributed by atoms with Gasteiger partial charge in [0.1, 0.15) is 5.75 Å². The largest absolute Gasteiger partial charge is 0.493 e. The molecule has 2 heterocycles. The Balaban J connectivity index is 1.77. The van der Waals surface area contributed by atoms with Gasteiger partial charge in [-0.15, -0.1) is 0 Å². The number of ether oxygens (including phenoxy) is 1. The zero-order valence-corrected chi connectivity index (χ0v) is 18.3. The molecule has 1 unspecified atom stereocenters. The zero-order chi connectivity index (χ0) is 23.3. The number of aliphatic hydroxyl groups is 1. The summed E-state index contributed by atoms with van der Waals surface area (Å²) in [6, 6.07) is 11.5. The maximum Gasteiger partial charge on any atom is 0.418 e. The third-order valence-electron chi connectivity index (χ3n) is 6.24. The van der Waals surface area contributed by atoms with E-state index in [0.717, 1.165) is 11.1 Å². The zero-order valence-electron chi connectivity index (χ0n) is 18.3. The van der Waals surface area contributed by atoms with Crippen molar-refractivity contribution in [2.24, 2.45) is 0 Å². The molecule has 32 heavy (non-hydrogen) atoms. The van der Waals surface area contributed by atoms with Crippen LogP contribution in [-0.4, -0.2) is 28.1 Å². The van der Waals surface area contributed by atoms with E-state index in [-0.39, 0.29) is 5.43 Å². The van der Waals surface area contributed by atoms with E-state index in [4.69, 9.17) is 4.74 Å². The Morgan fingerprint density at radius 2 is 1.84 bits per heavy atom. The average molecular weight is 445 g/mol. The van der Waals surface area contributed by atoms with Crippen LogP contribution >= 0.6 is 0 Å². The molecule has 0 saturated carbocycles. The van der Waals surface area contributed by atoms with Crippen LogP contribution in [0, 0.1) is 6.92 Å². The van der Waals surface area contributed by atoms with Gasteiger partial charge in [-0.25, -0.2) is 0 Å². The molecule has 1 aliphatic heterocycles. The number of benzene rings is 2. The fourth-order valence-electron chi connectivity index (χ4n) is 4.72. The highest BCUT2D eigenvalue weighted by atomic mass is 19.4. The van der Waals surface area contributed by atoms with Crippen molar-refractivity contribution in [2.45, 2.75) is 57.3 Å². The van der Waals surface area contributed by atoms with Crippen LogP contribution in [0.2, 0.25) is 0 Å². The van der Waals surface area contributed by atoms with Gasteiger partial charge in [0, 0.05) is 29.6 Å². The number of hydrogen-bond donors (Lipinski definition) is 1. The molecule has 4 nitrogen and oxygen atoms in total. The Bertz CT molecular complexity index is 1230. The third-order valence-corrected chi connectivity index (χ3v) is 6.24. The number of alkyl halides is 3. The van der Waals surface area contributed by atoms with Gasteiger partial charge < -0.3 is 14.4 Å². The summed E-state index contributed by atoms with van der Waals surface area (Å²) in [7, 11) is 0. The lowest BCUT2D eigenvalue weighted by atomic mass is 9.73. The summed E-state index contributed by atoms with van der Waals surface area (Å²) < 4.78 is 50.0. The summed E-state index contributed by atoms with van der Waals surface area (Å²) in [6.45, 7) is 5.07. The highest BCUT2D eigenvalue weighted by Crippen LogP contribution is 2.46. The van der Waals surface area contributed by atoms with E-state index in [0.29, 0.717) is 35.2 Å². The van der Waals surface area contributed by atoms with Crippen molar-refractivity contribution in [1.29, 1.82) is 0 Å². The monoisotopic (exact) mass is 445 g/mol. The quantitative estimate of drug-likeness (QED) is 0.608. The van der Waals surface area contributed by atoms with Crippen LogP contribution < -0.4 is 10.2 Å². The lowest BCUT2D eigenvalue weighted by molar-refractivity contribution is -0.271. The van der Waals surface area contributed by atoms with Crippen LogP contribution in [0.15, 0.2) is 53.5 Å². The SMILES string of the molecule is Cc1cc2c(c(C(C)(C)CC(O)(Cn3ccc(=O)c4ccccc43)C(F)(F)F)c1)OCC2. The van der Waals surface area contributed by atoms with E-state index in [9.17, 15) is 23.1 Å². The molecule has 4 rings (SSSR count). The van der Waals surface area contributed by atoms with Gasteiger partial charge in [-0.1, -0.05) is 43.7 Å². The summed E-state index contributed by atoms with van der Waals surface area (Å²) in [5, 5.41) is 11.4. The molecule has 0 fully saturated rings. The average Bonchev–Trinajstić information content (AvgIpc) is 3.16. The fraction of sp³-hybridized carbons (Fsp3) is 0.400. The first-order valence-electron chi connectivity index (χ1n) is 10.6. The van der Waals surface area contributed by atoms with Gasteiger partial charge in [0.05, 0.1) is 18.7 Å². The number of pyridine rings is 1. The molecule has 0 radical (unpaired) electrons. The van der Waals surface area contributed by atoms with E-state index in [1.54, 1.807) is 38.1 Å². The van der Waals surface area contributed by atoms with Crippen LogP contribution in [0.3, 0.4) is 0 Å². The predicted octanol–water partition coefficient (Wildman–Crippen LogP) is 4.91. The van der Waals surface area contributed by atoms with Gasteiger partial charge >= 0.3 is 6.18 Å². The van der Waals surface area contributed by atoms with Crippen molar-refractivity contribution in [3.8, 4) is 5.75 Å². The third kappa shape index (κ3) is 3.90. The number of hydrogen-bond acceptors (Lipinski definition) is 3. The number of fused-ring (bicyclic) bond motifs is 2. The van der Waals surface area contributed by atoms with Crippen LogP contribution in [0.5, 0.6) is 5.75 Å². The van der Waals surface area contributed by atoms with E-state index in [1.807, 2.05) is 19.1 Å². The van der Waals surface area contributed by atoms with E-state index in [2.05, 4.69) is 0 Å². The van der Waals surface area contributed by atoms with Gasteiger partial charge in [-0.05, 0) is 36.5 Å². The minimum absolute atomic E-state index is 0.278. The smallest absolute Gasteiger partial charge is 0.418 e. The fourth-order valence-corrected chi connectivity index (χ4v) is 4.72. The molecule has 0 bridgehead atoms. The minimum atomic E-state index is -4.89. The standard InChI is InChI=1S/C25H26F3NO3/c1-16-12-17-9-11-32-22(17)19(13-16)23(2,3)14-24(31,25(26,27)28)15-29-10-8-21(30)18-6-4-5-7-20(18)29/h4-8,10,12-13,31H,9,11,14-15H2,1-3H3. The Morgan fingerprint density at radius 1 is 1.12 bits per heavy atom. The molecule has 0 spiro atoms. The van der Waals surface area contributed by atoms with Gasteiger partial charge in [0.25, 0.3) is 0 Å². The highest BCUT2D eigenvalue weighted by molar-refractivity contribution is 5.78. The van der Waals surface area contributed by atoms with Gasteiger partial charge in [-0.2, -0.15) is 13.2 Å². The molecule has 7 heteroatoms. The molecule has 1 aliphatic rings. The Labute approximate surface area is 184 Å². The lowest BCUT2D eigenvalue weighted by Crippen LogP contribution is -2.52. The number of nitrogens with zero attached hydrogens (tertiary/aromatic N) is 1. The van der Waals surface area contributed by atoms with Gasteiger partial charge in [-0.3, -0.25) is 4.79 Å². The molecule has 0 saturated heterocycles. The van der Waals surface area contributed by atoms with Crippen molar-refractivity contribution in [3.05, 3.63) is 75.6 Å². The summed E-state index contributed by atoms with van der Waals surface area (Å²) >= 11 is 0. The van der Waals surface area contributed by atoms with E-state index >= 15 is 0 Å². The molecule has 0 amide bonds. The maximum absolute atomic E-state index is 14.3.